The number of aliphatic hydroxyl groups is 1. The summed E-state index contributed by atoms with van der Waals surface area (Å²) in [7, 11) is 1.62. The fourth-order valence-electron chi connectivity index (χ4n) is 1.31. The molecule has 15 heavy (non-hydrogen) atoms. The molecule has 0 saturated carbocycles. The number of carbonyl (C=O) groups is 1. The minimum absolute atomic E-state index is 0.0671. The minimum Gasteiger partial charge on any atom is -0.396 e. The van der Waals surface area contributed by atoms with Gasteiger partial charge in [-0.15, -0.1) is 0 Å². The lowest BCUT2D eigenvalue weighted by atomic mass is 10.3. The molecular formula is C9H16N4O2. The Morgan fingerprint density at radius 1 is 1.73 bits per heavy atom. The summed E-state index contributed by atoms with van der Waals surface area (Å²) in [6.07, 6.45) is 1.46. The van der Waals surface area contributed by atoms with E-state index in [0.29, 0.717) is 17.9 Å². The molecule has 3 N–H and O–H groups in total. The predicted octanol–water partition coefficient (Wildman–Crippen LogP) is -0.451. The highest BCUT2D eigenvalue weighted by molar-refractivity contribution is 5.97. The van der Waals surface area contributed by atoms with Gasteiger partial charge in [-0.2, -0.15) is 5.10 Å². The molecule has 1 heterocycles. The molecule has 0 radical (unpaired) electrons. The number of nitrogens with two attached hydrogens (primary N) is 1. The largest absolute Gasteiger partial charge is 0.396 e. The Labute approximate surface area is 88.3 Å². The molecular weight excluding hydrogens is 196 g/mol. The van der Waals surface area contributed by atoms with E-state index in [0.717, 1.165) is 0 Å². The van der Waals surface area contributed by atoms with Crippen LogP contribution in [0.25, 0.3) is 0 Å². The molecule has 0 aliphatic rings. The first-order valence-electron chi connectivity index (χ1n) is 4.79. The van der Waals surface area contributed by atoms with E-state index >= 15 is 0 Å². The Morgan fingerprint density at radius 3 is 2.93 bits per heavy atom. The Morgan fingerprint density at radius 2 is 2.40 bits per heavy atom. The molecule has 0 aliphatic carbocycles. The molecule has 0 aliphatic heterocycles. The fourth-order valence-corrected chi connectivity index (χ4v) is 1.31. The van der Waals surface area contributed by atoms with Crippen molar-refractivity contribution in [2.75, 3.05) is 25.9 Å². The molecule has 1 aromatic rings. The van der Waals surface area contributed by atoms with Gasteiger partial charge in [0, 0.05) is 20.1 Å². The average molecular weight is 212 g/mol. The van der Waals surface area contributed by atoms with Crippen molar-refractivity contribution in [3.05, 3.63) is 11.9 Å². The Balaban J connectivity index is 2.94. The van der Waals surface area contributed by atoms with Gasteiger partial charge in [0.25, 0.3) is 5.91 Å². The van der Waals surface area contributed by atoms with Gasteiger partial charge in [-0.3, -0.25) is 9.48 Å². The van der Waals surface area contributed by atoms with Gasteiger partial charge in [-0.05, 0) is 6.92 Å². The second kappa shape index (κ2) is 4.79. The van der Waals surface area contributed by atoms with E-state index in [4.69, 9.17) is 10.8 Å². The van der Waals surface area contributed by atoms with Crippen molar-refractivity contribution in [3.63, 3.8) is 0 Å². The molecule has 6 heteroatoms. The highest BCUT2D eigenvalue weighted by Crippen LogP contribution is 2.12. The van der Waals surface area contributed by atoms with Crippen LogP contribution in [-0.2, 0) is 6.54 Å². The Kier molecular flexibility index (Phi) is 3.68. The molecule has 84 valence electrons. The third-order valence-corrected chi connectivity index (χ3v) is 2.15. The second-order valence-electron chi connectivity index (χ2n) is 3.21. The van der Waals surface area contributed by atoms with Gasteiger partial charge in [0.2, 0.25) is 0 Å². The van der Waals surface area contributed by atoms with Crippen molar-refractivity contribution in [2.24, 2.45) is 0 Å². The molecule has 1 aromatic heterocycles. The number of nitrogen functional groups attached to an aromatic ring is 1. The van der Waals surface area contributed by atoms with Crippen molar-refractivity contribution in [1.82, 2.24) is 14.7 Å². The molecule has 0 atom stereocenters. The van der Waals surface area contributed by atoms with Crippen LogP contribution in [0.15, 0.2) is 6.20 Å². The molecule has 0 unspecified atom stereocenters. The SMILES string of the molecule is CCn1ncc(N)c1C(=O)N(C)CCO. The smallest absolute Gasteiger partial charge is 0.274 e. The number of aromatic nitrogens is 2. The number of aliphatic hydroxyl groups excluding tert-OH is 1. The van der Waals surface area contributed by atoms with Crippen LogP contribution in [0, 0.1) is 0 Å². The first kappa shape index (κ1) is 11.5. The molecule has 0 fully saturated rings. The van der Waals surface area contributed by atoms with Crippen molar-refractivity contribution in [2.45, 2.75) is 13.5 Å². The van der Waals surface area contributed by atoms with Crippen LogP contribution in [0.5, 0.6) is 0 Å². The van der Waals surface area contributed by atoms with Gasteiger partial charge in [0.05, 0.1) is 18.5 Å². The highest BCUT2D eigenvalue weighted by atomic mass is 16.3. The third-order valence-electron chi connectivity index (χ3n) is 2.15. The highest BCUT2D eigenvalue weighted by Gasteiger charge is 2.19. The molecule has 0 spiro atoms. The Bertz CT molecular complexity index is 348. The number of hydrogen-bond acceptors (Lipinski definition) is 4. The number of amides is 1. The molecule has 1 rings (SSSR count). The summed E-state index contributed by atoms with van der Waals surface area (Å²) in [6, 6.07) is 0. The van der Waals surface area contributed by atoms with E-state index in [-0.39, 0.29) is 19.1 Å². The zero-order chi connectivity index (χ0) is 11.4. The fraction of sp³-hybridized carbons (Fsp3) is 0.556. The van der Waals surface area contributed by atoms with Crippen molar-refractivity contribution >= 4 is 11.6 Å². The standard InChI is InChI=1S/C9H16N4O2/c1-3-13-8(7(10)6-11-13)9(15)12(2)4-5-14/h6,14H,3-5,10H2,1-2H3. The van der Waals surface area contributed by atoms with Crippen molar-refractivity contribution in [1.29, 1.82) is 0 Å². The molecule has 0 saturated heterocycles. The van der Waals surface area contributed by atoms with Gasteiger partial charge in [0.1, 0.15) is 5.69 Å². The summed E-state index contributed by atoms with van der Waals surface area (Å²) in [4.78, 5) is 13.3. The van der Waals surface area contributed by atoms with Gasteiger partial charge in [-0.25, -0.2) is 0 Å². The number of likely N-dealkylation sites (N-methyl/N-ethyl adjacent to an activating group) is 1. The lowest BCUT2D eigenvalue weighted by molar-refractivity contribution is 0.0756. The van der Waals surface area contributed by atoms with Crippen molar-refractivity contribution < 1.29 is 9.90 Å². The molecule has 6 nitrogen and oxygen atoms in total. The van der Waals surface area contributed by atoms with Crippen LogP contribution in [0.2, 0.25) is 0 Å². The van der Waals surface area contributed by atoms with Crippen LogP contribution >= 0.6 is 0 Å². The lowest BCUT2D eigenvalue weighted by Gasteiger charge is -2.16. The van der Waals surface area contributed by atoms with E-state index in [1.807, 2.05) is 6.92 Å². The first-order valence-corrected chi connectivity index (χ1v) is 4.79. The minimum atomic E-state index is -0.221. The summed E-state index contributed by atoms with van der Waals surface area (Å²) in [5, 5.41) is 12.7. The number of anilines is 1. The normalized spacial score (nSPS) is 10.3. The zero-order valence-corrected chi connectivity index (χ0v) is 8.97. The van der Waals surface area contributed by atoms with Gasteiger partial charge in [0.15, 0.2) is 0 Å². The lowest BCUT2D eigenvalue weighted by Crippen LogP contribution is -2.31. The molecule has 0 aromatic carbocycles. The number of aryl methyl sites for hydroxylation is 1. The van der Waals surface area contributed by atoms with Gasteiger partial charge >= 0.3 is 0 Å². The summed E-state index contributed by atoms with van der Waals surface area (Å²) in [5.74, 6) is -0.221. The zero-order valence-electron chi connectivity index (χ0n) is 8.97. The molecule has 0 bridgehead atoms. The number of nitrogens with zero attached hydrogens (tertiary/aromatic N) is 3. The number of rotatable bonds is 4. The quantitative estimate of drug-likeness (QED) is 0.708. The van der Waals surface area contributed by atoms with E-state index in [2.05, 4.69) is 5.10 Å². The van der Waals surface area contributed by atoms with Crippen molar-refractivity contribution in [3.8, 4) is 0 Å². The number of carbonyl (C=O) groups excluding carboxylic acids is 1. The van der Waals surface area contributed by atoms with Crippen LogP contribution in [-0.4, -0.2) is 45.9 Å². The summed E-state index contributed by atoms with van der Waals surface area (Å²) < 4.78 is 1.55. The van der Waals surface area contributed by atoms with Crippen LogP contribution in [0.4, 0.5) is 5.69 Å². The molecule has 1 amide bonds. The Hall–Kier alpha value is -1.56. The van der Waals surface area contributed by atoms with E-state index in [1.54, 1.807) is 11.7 Å². The first-order chi connectivity index (χ1) is 7.11. The average Bonchev–Trinajstić information content (AvgIpc) is 2.58. The van der Waals surface area contributed by atoms with E-state index in [9.17, 15) is 4.79 Å². The van der Waals surface area contributed by atoms with Crippen LogP contribution in [0.1, 0.15) is 17.4 Å². The topological polar surface area (TPSA) is 84.4 Å². The van der Waals surface area contributed by atoms with Crippen LogP contribution in [0.3, 0.4) is 0 Å². The van der Waals surface area contributed by atoms with E-state index in [1.165, 1.54) is 11.1 Å². The maximum Gasteiger partial charge on any atom is 0.274 e. The summed E-state index contributed by atoms with van der Waals surface area (Å²) >= 11 is 0. The predicted molar refractivity (Wildman–Crippen MR) is 56.4 cm³/mol. The van der Waals surface area contributed by atoms with Crippen LogP contribution < -0.4 is 5.73 Å². The maximum atomic E-state index is 11.9. The maximum absolute atomic E-state index is 11.9. The summed E-state index contributed by atoms with van der Waals surface area (Å²) in [6.45, 7) is 2.69. The monoisotopic (exact) mass is 212 g/mol. The van der Waals surface area contributed by atoms with E-state index < -0.39 is 0 Å². The van der Waals surface area contributed by atoms with Gasteiger partial charge in [-0.1, -0.05) is 0 Å². The third kappa shape index (κ3) is 2.27. The van der Waals surface area contributed by atoms with Gasteiger partial charge < -0.3 is 15.7 Å². The second-order valence-corrected chi connectivity index (χ2v) is 3.21. The summed E-state index contributed by atoms with van der Waals surface area (Å²) in [5.41, 5.74) is 6.41. The number of hydrogen-bond donors (Lipinski definition) is 2.